The summed E-state index contributed by atoms with van der Waals surface area (Å²) >= 11 is 0. The molecule has 0 bridgehead atoms. The van der Waals surface area contributed by atoms with Gasteiger partial charge in [-0.25, -0.2) is 0 Å². The summed E-state index contributed by atoms with van der Waals surface area (Å²) in [5, 5.41) is 0.980. The van der Waals surface area contributed by atoms with Gasteiger partial charge in [0.2, 0.25) is 5.78 Å². The monoisotopic (exact) mass is 264 g/mol. The molecule has 0 amide bonds. The van der Waals surface area contributed by atoms with Crippen molar-refractivity contribution < 1.29 is 9.21 Å². The van der Waals surface area contributed by atoms with E-state index in [1.165, 1.54) is 0 Å². The van der Waals surface area contributed by atoms with E-state index in [1.54, 1.807) is 0 Å². The first-order chi connectivity index (χ1) is 9.65. The molecule has 2 nitrogen and oxygen atoms in total. The average Bonchev–Trinajstić information content (AvgIpc) is 2.89. The average molecular weight is 264 g/mol. The van der Waals surface area contributed by atoms with E-state index in [-0.39, 0.29) is 11.7 Å². The van der Waals surface area contributed by atoms with Crippen molar-refractivity contribution in [3.8, 4) is 0 Å². The lowest BCUT2D eigenvalue weighted by Gasteiger charge is -2.08. The topological polar surface area (TPSA) is 30.2 Å². The zero-order valence-corrected chi connectivity index (χ0v) is 11.6. The quantitative estimate of drug-likeness (QED) is 0.640. The SMILES string of the molecule is Cc1ccc2oc(C(=O)C(C)c3ccccc3)cc2c1. The summed E-state index contributed by atoms with van der Waals surface area (Å²) in [7, 11) is 0. The summed E-state index contributed by atoms with van der Waals surface area (Å²) in [5.41, 5.74) is 2.93. The molecular formula is C18H16O2. The van der Waals surface area contributed by atoms with Gasteiger partial charge < -0.3 is 4.42 Å². The molecular weight excluding hydrogens is 248 g/mol. The van der Waals surface area contributed by atoms with Gasteiger partial charge in [0.05, 0.1) is 0 Å². The zero-order valence-electron chi connectivity index (χ0n) is 11.6. The largest absolute Gasteiger partial charge is 0.453 e. The third-order valence-electron chi connectivity index (χ3n) is 3.61. The molecule has 1 aromatic heterocycles. The van der Waals surface area contributed by atoms with Crippen LogP contribution in [-0.2, 0) is 0 Å². The Balaban J connectivity index is 1.96. The Labute approximate surface area is 118 Å². The van der Waals surface area contributed by atoms with Gasteiger partial charge in [-0.1, -0.05) is 48.9 Å². The minimum absolute atomic E-state index is 0.0186. The van der Waals surface area contributed by atoms with Gasteiger partial charge in [-0.3, -0.25) is 4.79 Å². The molecule has 0 aliphatic carbocycles. The van der Waals surface area contributed by atoms with E-state index in [2.05, 4.69) is 0 Å². The van der Waals surface area contributed by atoms with E-state index in [0.29, 0.717) is 5.76 Å². The van der Waals surface area contributed by atoms with Gasteiger partial charge in [-0.05, 0) is 30.7 Å². The Hall–Kier alpha value is -2.35. The number of Topliss-reactive ketones (excluding diaryl/α,β-unsaturated/α-hetero) is 1. The van der Waals surface area contributed by atoms with Crippen LogP contribution in [0.1, 0.15) is 34.5 Å². The van der Waals surface area contributed by atoms with Crippen LogP contribution in [0, 0.1) is 6.92 Å². The number of furan rings is 1. The first kappa shape index (κ1) is 12.7. The summed E-state index contributed by atoms with van der Waals surface area (Å²) < 4.78 is 5.68. The standard InChI is InChI=1S/C18H16O2/c1-12-8-9-16-15(10-12)11-17(20-16)18(19)13(2)14-6-4-3-5-7-14/h3-11,13H,1-2H3. The zero-order chi connectivity index (χ0) is 14.1. The van der Waals surface area contributed by atoms with Crippen molar-refractivity contribution >= 4 is 16.8 Å². The van der Waals surface area contributed by atoms with Crippen LogP contribution >= 0.6 is 0 Å². The van der Waals surface area contributed by atoms with Gasteiger partial charge in [0.25, 0.3) is 0 Å². The number of ketones is 1. The molecule has 3 aromatic rings. The number of hydrogen-bond donors (Lipinski definition) is 0. The Morgan fingerprint density at radius 1 is 1.05 bits per heavy atom. The van der Waals surface area contributed by atoms with Crippen LogP contribution in [0.15, 0.2) is 59.0 Å². The van der Waals surface area contributed by atoms with E-state index in [1.807, 2.05) is 68.4 Å². The number of carbonyl (C=O) groups excluding carboxylic acids is 1. The minimum Gasteiger partial charge on any atom is -0.453 e. The van der Waals surface area contributed by atoms with Crippen molar-refractivity contribution in [3.63, 3.8) is 0 Å². The molecule has 0 fully saturated rings. The second-order valence-corrected chi connectivity index (χ2v) is 5.15. The molecule has 0 aliphatic rings. The van der Waals surface area contributed by atoms with Crippen molar-refractivity contribution in [2.24, 2.45) is 0 Å². The Bertz CT molecular complexity index is 753. The van der Waals surface area contributed by atoms with Gasteiger partial charge in [-0.2, -0.15) is 0 Å². The minimum atomic E-state index is -0.196. The third-order valence-corrected chi connectivity index (χ3v) is 3.61. The Kier molecular flexibility index (Phi) is 3.15. The molecule has 1 atom stereocenters. The molecule has 0 spiro atoms. The molecule has 1 unspecified atom stereocenters. The molecule has 0 saturated heterocycles. The smallest absolute Gasteiger partial charge is 0.205 e. The number of carbonyl (C=O) groups is 1. The van der Waals surface area contributed by atoms with Gasteiger partial charge in [0.1, 0.15) is 5.58 Å². The summed E-state index contributed by atoms with van der Waals surface area (Å²) in [6.45, 7) is 3.94. The van der Waals surface area contributed by atoms with Crippen LogP contribution in [0.3, 0.4) is 0 Å². The van der Waals surface area contributed by atoms with E-state index < -0.39 is 0 Å². The lowest BCUT2D eigenvalue weighted by molar-refractivity contribution is 0.0941. The maximum atomic E-state index is 12.5. The summed E-state index contributed by atoms with van der Waals surface area (Å²) in [5.74, 6) is 0.255. The maximum Gasteiger partial charge on any atom is 0.205 e. The van der Waals surface area contributed by atoms with Crippen LogP contribution < -0.4 is 0 Å². The fraction of sp³-hybridized carbons (Fsp3) is 0.167. The summed E-state index contributed by atoms with van der Waals surface area (Å²) in [6, 6.07) is 17.5. The predicted octanol–water partition coefficient (Wildman–Crippen LogP) is 4.73. The fourth-order valence-corrected chi connectivity index (χ4v) is 2.39. The van der Waals surface area contributed by atoms with Crippen LogP contribution in [0.4, 0.5) is 0 Å². The summed E-state index contributed by atoms with van der Waals surface area (Å²) in [6.07, 6.45) is 0. The van der Waals surface area contributed by atoms with Crippen LogP contribution in [0.25, 0.3) is 11.0 Å². The number of benzene rings is 2. The molecule has 2 aromatic carbocycles. The first-order valence-corrected chi connectivity index (χ1v) is 6.74. The highest BCUT2D eigenvalue weighted by Gasteiger charge is 2.20. The molecule has 20 heavy (non-hydrogen) atoms. The van der Waals surface area contributed by atoms with Crippen molar-refractivity contribution in [3.05, 3.63) is 71.5 Å². The Morgan fingerprint density at radius 3 is 2.55 bits per heavy atom. The number of hydrogen-bond acceptors (Lipinski definition) is 2. The molecule has 2 heteroatoms. The fourth-order valence-electron chi connectivity index (χ4n) is 2.39. The molecule has 100 valence electrons. The second kappa shape index (κ2) is 4.97. The molecule has 0 saturated carbocycles. The number of rotatable bonds is 3. The maximum absolute atomic E-state index is 12.5. The van der Waals surface area contributed by atoms with Gasteiger partial charge in [0.15, 0.2) is 5.76 Å². The number of aryl methyl sites for hydroxylation is 1. The van der Waals surface area contributed by atoms with Crippen LogP contribution in [-0.4, -0.2) is 5.78 Å². The van der Waals surface area contributed by atoms with Crippen molar-refractivity contribution in [1.29, 1.82) is 0 Å². The van der Waals surface area contributed by atoms with Crippen molar-refractivity contribution in [2.45, 2.75) is 19.8 Å². The molecule has 0 radical (unpaired) electrons. The lowest BCUT2D eigenvalue weighted by Crippen LogP contribution is -2.08. The highest BCUT2D eigenvalue weighted by molar-refractivity contribution is 6.01. The number of fused-ring (bicyclic) bond motifs is 1. The van der Waals surface area contributed by atoms with Gasteiger partial charge in [-0.15, -0.1) is 0 Å². The first-order valence-electron chi connectivity index (χ1n) is 6.74. The molecule has 3 rings (SSSR count). The predicted molar refractivity (Wildman–Crippen MR) is 80.1 cm³/mol. The van der Waals surface area contributed by atoms with E-state index >= 15 is 0 Å². The normalized spacial score (nSPS) is 12.5. The summed E-state index contributed by atoms with van der Waals surface area (Å²) in [4.78, 5) is 12.5. The molecule has 0 aliphatic heterocycles. The molecule has 1 heterocycles. The van der Waals surface area contributed by atoms with Crippen molar-refractivity contribution in [1.82, 2.24) is 0 Å². The van der Waals surface area contributed by atoms with Crippen molar-refractivity contribution in [2.75, 3.05) is 0 Å². The van der Waals surface area contributed by atoms with E-state index in [9.17, 15) is 4.79 Å². The molecule has 0 N–H and O–H groups in total. The highest BCUT2D eigenvalue weighted by atomic mass is 16.3. The van der Waals surface area contributed by atoms with E-state index in [0.717, 1.165) is 22.1 Å². The Morgan fingerprint density at radius 2 is 1.80 bits per heavy atom. The second-order valence-electron chi connectivity index (χ2n) is 5.15. The van der Waals surface area contributed by atoms with Crippen LogP contribution in [0.2, 0.25) is 0 Å². The van der Waals surface area contributed by atoms with Crippen LogP contribution in [0.5, 0.6) is 0 Å². The van der Waals surface area contributed by atoms with E-state index in [4.69, 9.17) is 4.42 Å². The highest BCUT2D eigenvalue weighted by Crippen LogP contribution is 2.26. The van der Waals surface area contributed by atoms with Gasteiger partial charge >= 0.3 is 0 Å². The lowest BCUT2D eigenvalue weighted by atomic mass is 9.95. The van der Waals surface area contributed by atoms with Gasteiger partial charge in [0, 0.05) is 11.3 Å². The third kappa shape index (κ3) is 2.25.